The Balaban J connectivity index is 4.05. The standard InChI is InChI=1S/C9H24O2Si2/c1-8-9(10-12(2,3)4)11-13(5,6)7/h9H,8H2,1-7H3. The fourth-order valence-electron chi connectivity index (χ4n) is 0.979. The lowest BCUT2D eigenvalue weighted by molar-refractivity contribution is -0.00964. The largest absolute Gasteiger partial charge is 0.394 e. The third kappa shape index (κ3) is 8.68. The van der Waals surface area contributed by atoms with Crippen LogP contribution in [-0.2, 0) is 8.85 Å². The molecule has 0 aromatic heterocycles. The Morgan fingerprint density at radius 3 is 1.31 bits per heavy atom. The number of hydrogen-bond donors (Lipinski definition) is 0. The van der Waals surface area contributed by atoms with E-state index in [1.807, 2.05) is 0 Å². The molecule has 0 atom stereocenters. The lowest BCUT2D eigenvalue weighted by atomic mass is 10.5. The van der Waals surface area contributed by atoms with E-state index in [-0.39, 0.29) is 6.29 Å². The molecule has 0 rings (SSSR count). The molecular formula is C9H24O2Si2. The zero-order valence-electron chi connectivity index (χ0n) is 10.1. The zero-order chi connectivity index (χ0) is 10.7. The Morgan fingerprint density at radius 2 is 1.15 bits per heavy atom. The van der Waals surface area contributed by atoms with Crippen molar-refractivity contribution in [2.75, 3.05) is 0 Å². The van der Waals surface area contributed by atoms with E-state index in [2.05, 4.69) is 46.2 Å². The molecule has 0 amide bonds. The van der Waals surface area contributed by atoms with Crippen LogP contribution in [0.3, 0.4) is 0 Å². The Bertz CT molecular complexity index is 131. The van der Waals surface area contributed by atoms with Crippen LogP contribution in [0.25, 0.3) is 0 Å². The summed E-state index contributed by atoms with van der Waals surface area (Å²) in [6.45, 7) is 15.3. The second-order valence-electron chi connectivity index (χ2n) is 5.30. The first-order valence-electron chi connectivity index (χ1n) is 5.00. The van der Waals surface area contributed by atoms with E-state index in [9.17, 15) is 0 Å². The van der Waals surface area contributed by atoms with Gasteiger partial charge in [-0.05, 0) is 45.7 Å². The van der Waals surface area contributed by atoms with Crippen LogP contribution in [0.4, 0.5) is 0 Å². The van der Waals surface area contributed by atoms with Crippen LogP contribution in [0.5, 0.6) is 0 Å². The molecular weight excluding hydrogens is 196 g/mol. The van der Waals surface area contributed by atoms with Gasteiger partial charge in [0.05, 0.1) is 0 Å². The van der Waals surface area contributed by atoms with Crippen molar-refractivity contribution in [2.24, 2.45) is 0 Å². The Kier molecular flexibility index (Phi) is 4.86. The number of rotatable bonds is 5. The highest BCUT2D eigenvalue weighted by atomic mass is 28.4. The van der Waals surface area contributed by atoms with E-state index in [1.165, 1.54) is 0 Å². The molecule has 0 radical (unpaired) electrons. The highest BCUT2D eigenvalue weighted by Gasteiger charge is 2.25. The van der Waals surface area contributed by atoms with Crippen LogP contribution in [0.2, 0.25) is 39.3 Å². The molecule has 0 aromatic carbocycles. The molecule has 0 saturated carbocycles. The minimum absolute atomic E-state index is 0.0262. The summed E-state index contributed by atoms with van der Waals surface area (Å²) < 4.78 is 11.8. The molecule has 4 heteroatoms. The molecule has 0 aliphatic heterocycles. The zero-order valence-corrected chi connectivity index (χ0v) is 12.1. The van der Waals surface area contributed by atoms with Gasteiger partial charge in [0.25, 0.3) is 0 Å². The monoisotopic (exact) mass is 220 g/mol. The Hall–Kier alpha value is 0.354. The van der Waals surface area contributed by atoms with E-state index in [0.29, 0.717) is 0 Å². The summed E-state index contributed by atoms with van der Waals surface area (Å²) in [5.41, 5.74) is 0. The van der Waals surface area contributed by atoms with Crippen LogP contribution in [0.1, 0.15) is 13.3 Å². The first-order chi connectivity index (χ1) is 5.64. The maximum Gasteiger partial charge on any atom is 0.187 e. The summed E-state index contributed by atoms with van der Waals surface area (Å²) in [6.07, 6.45) is 0.979. The van der Waals surface area contributed by atoms with Crippen molar-refractivity contribution in [1.82, 2.24) is 0 Å². The highest BCUT2D eigenvalue weighted by molar-refractivity contribution is 6.70. The van der Waals surface area contributed by atoms with Gasteiger partial charge in [-0.1, -0.05) is 6.92 Å². The molecule has 0 bridgehead atoms. The Morgan fingerprint density at radius 1 is 0.846 bits per heavy atom. The smallest absolute Gasteiger partial charge is 0.187 e. The molecule has 2 nitrogen and oxygen atoms in total. The van der Waals surface area contributed by atoms with Crippen LogP contribution < -0.4 is 0 Å². The van der Waals surface area contributed by atoms with Crippen LogP contribution in [0, 0.1) is 0 Å². The average molecular weight is 220 g/mol. The second kappa shape index (κ2) is 4.73. The van der Waals surface area contributed by atoms with E-state index < -0.39 is 16.6 Å². The van der Waals surface area contributed by atoms with Crippen LogP contribution >= 0.6 is 0 Å². The lowest BCUT2D eigenvalue weighted by Gasteiger charge is -2.30. The molecule has 0 spiro atoms. The summed E-state index contributed by atoms with van der Waals surface area (Å²) in [7, 11) is -2.89. The summed E-state index contributed by atoms with van der Waals surface area (Å²) >= 11 is 0. The van der Waals surface area contributed by atoms with Gasteiger partial charge in [-0.15, -0.1) is 0 Å². The molecule has 0 N–H and O–H groups in total. The minimum atomic E-state index is -1.44. The molecule has 0 aromatic rings. The van der Waals surface area contributed by atoms with E-state index in [4.69, 9.17) is 8.85 Å². The van der Waals surface area contributed by atoms with Gasteiger partial charge in [-0.25, -0.2) is 0 Å². The maximum atomic E-state index is 5.91. The second-order valence-corrected chi connectivity index (χ2v) is 14.2. The van der Waals surface area contributed by atoms with Gasteiger partial charge in [0.2, 0.25) is 0 Å². The molecule has 0 heterocycles. The SMILES string of the molecule is CCC(O[Si](C)(C)C)O[Si](C)(C)C. The van der Waals surface area contributed by atoms with Crippen molar-refractivity contribution in [3.8, 4) is 0 Å². The predicted molar refractivity (Wildman–Crippen MR) is 62.9 cm³/mol. The van der Waals surface area contributed by atoms with Crippen LogP contribution in [0.15, 0.2) is 0 Å². The van der Waals surface area contributed by atoms with Crippen molar-refractivity contribution < 1.29 is 8.85 Å². The lowest BCUT2D eigenvalue weighted by Crippen LogP contribution is -2.39. The topological polar surface area (TPSA) is 18.5 Å². The number of hydrogen-bond acceptors (Lipinski definition) is 2. The third-order valence-electron chi connectivity index (χ3n) is 1.30. The summed E-state index contributed by atoms with van der Waals surface area (Å²) in [5.74, 6) is 0. The Labute approximate surface area is 84.9 Å². The van der Waals surface area contributed by atoms with Crippen molar-refractivity contribution >= 4 is 16.6 Å². The van der Waals surface area contributed by atoms with E-state index in [1.54, 1.807) is 0 Å². The molecule has 0 saturated heterocycles. The molecule has 0 fully saturated rings. The predicted octanol–water partition coefficient (Wildman–Crippen LogP) is 3.43. The molecule has 0 aliphatic rings. The van der Waals surface area contributed by atoms with Gasteiger partial charge < -0.3 is 8.85 Å². The minimum Gasteiger partial charge on any atom is -0.394 e. The van der Waals surface area contributed by atoms with Gasteiger partial charge >= 0.3 is 0 Å². The highest BCUT2D eigenvalue weighted by Crippen LogP contribution is 2.15. The maximum absolute atomic E-state index is 5.91. The fraction of sp³-hybridized carbons (Fsp3) is 1.00. The van der Waals surface area contributed by atoms with Crippen LogP contribution in [-0.4, -0.2) is 22.9 Å². The molecule has 0 unspecified atom stereocenters. The first-order valence-corrected chi connectivity index (χ1v) is 11.8. The van der Waals surface area contributed by atoms with Crippen molar-refractivity contribution in [2.45, 2.75) is 58.9 Å². The quantitative estimate of drug-likeness (QED) is 0.522. The summed E-state index contributed by atoms with van der Waals surface area (Å²) in [6, 6.07) is 0. The van der Waals surface area contributed by atoms with Crippen molar-refractivity contribution in [3.63, 3.8) is 0 Å². The first kappa shape index (κ1) is 13.4. The molecule has 13 heavy (non-hydrogen) atoms. The van der Waals surface area contributed by atoms with Gasteiger partial charge in [-0.3, -0.25) is 0 Å². The molecule has 0 aliphatic carbocycles. The average Bonchev–Trinajstić information content (AvgIpc) is 1.79. The third-order valence-corrected chi connectivity index (χ3v) is 3.24. The van der Waals surface area contributed by atoms with Gasteiger partial charge in [0, 0.05) is 0 Å². The van der Waals surface area contributed by atoms with Crippen molar-refractivity contribution in [3.05, 3.63) is 0 Å². The van der Waals surface area contributed by atoms with Crippen molar-refractivity contribution in [1.29, 1.82) is 0 Å². The van der Waals surface area contributed by atoms with Gasteiger partial charge in [0.15, 0.2) is 16.6 Å². The fourth-order valence-corrected chi connectivity index (χ4v) is 3.08. The van der Waals surface area contributed by atoms with Gasteiger partial charge in [0.1, 0.15) is 6.29 Å². The summed E-state index contributed by atoms with van der Waals surface area (Å²) in [5, 5.41) is 0. The van der Waals surface area contributed by atoms with E-state index >= 15 is 0 Å². The molecule has 80 valence electrons. The summed E-state index contributed by atoms with van der Waals surface area (Å²) in [4.78, 5) is 0. The normalized spacial score (nSPS) is 13.8. The van der Waals surface area contributed by atoms with Gasteiger partial charge in [-0.2, -0.15) is 0 Å². The van der Waals surface area contributed by atoms with E-state index in [0.717, 1.165) is 6.42 Å².